The number of amidine groups is 1. The van der Waals surface area contributed by atoms with Gasteiger partial charge in [0.15, 0.2) is 16.7 Å². The third kappa shape index (κ3) is 3.53. The van der Waals surface area contributed by atoms with Crippen molar-refractivity contribution < 1.29 is 13.9 Å². The molecule has 0 spiro atoms. The highest BCUT2D eigenvalue weighted by Crippen LogP contribution is 2.37. The number of rotatable bonds is 3. The van der Waals surface area contributed by atoms with Gasteiger partial charge in [0.2, 0.25) is 5.88 Å². The number of hydrogen-bond donors (Lipinski definition) is 0. The number of aliphatic imine (C=N–C) groups is 1. The second-order valence-corrected chi connectivity index (χ2v) is 7.12. The van der Waals surface area contributed by atoms with E-state index in [2.05, 4.69) is 14.8 Å². The lowest BCUT2D eigenvalue weighted by atomic mass is 10.1. The molecule has 1 aromatic heterocycles. The first-order valence-corrected chi connectivity index (χ1v) is 9.97. The van der Waals surface area contributed by atoms with E-state index in [4.69, 9.17) is 14.5 Å². The Bertz CT molecular complexity index is 840. The quantitative estimate of drug-likeness (QED) is 0.595. The first kappa shape index (κ1) is 17.9. The number of hydrogen-bond acceptors (Lipinski definition) is 6. The van der Waals surface area contributed by atoms with Gasteiger partial charge < -0.3 is 19.3 Å². The number of halogens is 1. The monoisotopic (exact) mass is 388 g/mol. The maximum atomic E-state index is 14.0. The number of fused-ring (bicyclic) bond motifs is 1. The Labute approximate surface area is 162 Å². The van der Waals surface area contributed by atoms with Gasteiger partial charge in [0.25, 0.3) is 0 Å². The Hall–Kier alpha value is -2.48. The smallest absolute Gasteiger partial charge is 0.213 e. The Morgan fingerprint density at radius 3 is 2.89 bits per heavy atom. The van der Waals surface area contributed by atoms with Crippen LogP contribution in [0.5, 0.6) is 11.6 Å². The number of nitrogens with zero attached hydrogens (tertiary/aromatic N) is 4. The molecule has 0 radical (unpaired) electrons. The van der Waals surface area contributed by atoms with Crippen molar-refractivity contribution >= 4 is 28.3 Å². The third-order valence-electron chi connectivity index (χ3n) is 4.74. The van der Waals surface area contributed by atoms with Crippen molar-refractivity contribution in [3.63, 3.8) is 0 Å². The lowest BCUT2D eigenvalue weighted by Crippen LogP contribution is -2.62. The lowest BCUT2D eigenvalue weighted by Gasteiger charge is -2.48. The van der Waals surface area contributed by atoms with Crippen molar-refractivity contribution in [3.05, 3.63) is 42.3 Å². The normalized spacial score (nSPS) is 17.2. The van der Waals surface area contributed by atoms with Crippen LogP contribution in [-0.4, -0.2) is 60.7 Å². The maximum Gasteiger partial charge on any atom is 0.213 e. The summed E-state index contributed by atoms with van der Waals surface area (Å²) in [5.74, 6) is 0.638. The van der Waals surface area contributed by atoms with E-state index >= 15 is 0 Å². The van der Waals surface area contributed by atoms with Gasteiger partial charge in [-0.15, -0.1) is 0 Å². The fourth-order valence-corrected chi connectivity index (χ4v) is 3.94. The summed E-state index contributed by atoms with van der Waals surface area (Å²) < 4.78 is 24.6. The number of methoxy groups -OCH3 is 1. The van der Waals surface area contributed by atoms with Crippen LogP contribution >= 0.6 is 11.8 Å². The molecule has 1 fully saturated rings. The van der Waals surface area contributed by atoms with Gasteiger partial charge in [0.05, 0.1) is 37.3 Å². The summed E-state index contributed by atoms with van der Waals surface area (Å²) >= 11 is 1.61. The molecule has 0 unspecified atom stereocenters. The second kappa shape index (κ2) is 7.64. The van der Waals surface area contributed by atoms with Crippen LogP contribution in [0.2, 0.25) is 0 Å². The topological polar surface area (TPSA) is 50.2 Å². The highest BCUT2D eigenvalue weighted by atomic mass is 32.2. The summed E-state index contributed by atoms with van der Waals surface area (Å²) in [6.07, 6.45) is 3.72. The summed E-state index contributed by atoms with van der Waals surface area (Å²) in [5.41, 5.74) is 1.63. The third-order valence-corrected chi connectivity index (χ3v) is 5.46. The number of benzene rings is 1. The Kier molecular flexibility index (Phi) is 5.07. The lowest BCUT2D eigenvalue weighted by molar-refractivity contribution is 0.219. The first-order valence-electron chi connectivity index (χ1n) is 8.75. The number of thioether (sulfide) groups is 1. The van der Waals surface area contributed by atoms with Crippen LogP contribution in [0.1, 0.15) is 0 Å². The van der Waals surface area contributed by atoms with E-state index in [1.54, 1.807) is 37.2 Å². The zero-order valence-corrected chi connectivity index (χ0v) is 16.1. The zero-order valence-electron chi connectivity index (χ0n) is 15.3. The minimum atomic E-state index is -0.299. The molecule has 8 heteroatoms. The van der Waals surface area contributed by atoms with Gasteiger partial charge in [-0.2, -0.15) is 0 Å². The fourth-order valence-electron chi connectivity index (χ4n) is 3.34. The van der Waals surface area contributed by atoms with Crippen molar-refractivity contribution in [2.75, 3.05) is 44.5 Å². The molecule has 142 valence electrons. The summed E-state index contributed by atoms with van der Waals surface area (Å²) in [6, 6.07) is 9.11. The molecule has 3 heterocycles. The van der Waals surface area contributed by atoms with Crippen LogP contribution in [0.3, 0.4) is 0 Å². The van der Waals surface area contributed by atoms with E-state index in [0.29, 0.717) is 24.3 Å². The average molecular weight is 388 g/mol. The molecule has 0 atom stereocenters. The number of para-hydroxylation sites is 1. The highest BCUT2D eigenvalue weighted by molar-refractivity contribution is 8.13. The number of anilines is 1. The van der Waals surface area contributed by atoms with E-state index in [-0.39, 0.29) is 5.82 Å². The van der Waals surface area contributed by atoms with E-state index in [0.717, 1.165) is 36.2 Å². The number of likely N-dealkylation sites (tertiary alicyclic amines) is 1. The predicted octanol–water partition coefficient (Wildman–Crippen LogP) is 3.16. The zero-order chi connectivity index (χ0) is 18.8. The van der Waals surface area contributed by atoms with Gasteiger partial charge in [-0.05, 0) is 24.5 Å². The Morgan fingerprint density at radius 2 is 2.19 bits per heavy atom. The molecule has 27 heavy (non-hydrogen) atoms. The van der Waals surface area contributed by atoms with Crippen molar-refractivity contribution in [1.82, 2.24) is 9.88 Å². The minimum Gasteiger partial charge on any atom is -0.486 e. The minimum absolute atomic E-state index is 0.299. The molecule has 0 saturated carbocycles. The summed E-state index contributed by atoms with van der Waals surface area (Å²) in [7, 11) is 1.59. The van der Waals surface area contributed by atoms with Crippen LogP contribution in [0.15, 0.2) is 41.5 Å². The molecule has 4 rings (SSSR count). The Balaban J connectivity index is 1.45. The molecule has 2 aliphatic heterocycles. The van der Waals surface area contributed by atoms with Gasteiger partial charge in [0.1, 0.15) is 6.61 Å². The standard InChI is InChI=1S/C19H21FN4O2S/c1-25-17-7-6-13(10-21-17)22-19(27-2)23-11-14(12-23)24-8-9-26-18-15(20)4-3-5-16(18)24/h3-7,10,14H,8-9,11-12H2,1-2H3/b22-19+. The van der Waals surface area contributed by atoms with Gasteiger partial charge >= 0.3 is 0 Å². The van der Waals surface area contributed by atoms with Crippen molar-refractivity contribution in [1.29, 1.82) is 0 Å². The van der Waals surface area contributed by atoms with Crippen molar-refractivity contribution in [2.45, 2.75) is 6.04 Å². The summed E-state index contributed by atoms with van der Waals surface area (Å²) in [5, 5.41) is 0.950. The van der Waals surface area contributed by atoms with Gasteiger partial charge in [0, 0.05) is 19.2 Å². The fraction of sp³-hybridized carbons (Fsp3) is 0.368. The molecular weight excluding hydrogens is 367 g/mol. The number of ether oxygens (including phenoxy) is 2. The molecule has 1 saturated heterocycles. The molecular formula is C19H21FN4O2S. The molecule has 0 aliphatic carbocycles. The van der Waals surface area contributed by atoms with Gasteiger partial charge in [-0.25, -0.2) is 14.4 Å². The number of aromatic nitrogens is 1. The highest BCUT2D eigenvalue weighted by Gasteiger charge is 2.36. The summed E-state index contributed by atoms with van der Waals surface area (Å²) in [6.45, 7) is 2.97. The van der Waals surface area contributed by atoms with E-state index < -0.39 is 0 Å². The average Bonchev–Trinajstić information content (AvgIpc) is 2.67. The van der Waals surface area contributed by atoms with E-state index in [1.807, 2.05) is 18.4 Å². The first-order chi connectivity index (χ1) is 13.2. The largest absolute Gasteiger partial charge is 0.486 e. The van der Waals surface area contributed by atoms with Crippen LogP contribution in [0.25, 0.3) is 0 Å². The molecule has 6 nitrogen and oxygen atoms in total. The van der Waals surface area contributed by atoms with E-state index in [1.165, 1.54) is 6.07 Å². The van der Waals surface area contributed by atoms with E-state index in [9.17, 15) is 4.39 Å². The predicted molar refractivity (Wildman–Crippen MR) is 106 cm³/mol. The molecule has 0 amide bonds. The molecule has 2 aromatic rings. The molecule has 1 aromatic carbocycles. The van der Waals surface area contributed by atoms with Crippen molar-refractivity contribution in [3.8, 4) is 11.6 Å². The van der Waals surface area contributed by atoms with Crippen LogP contribution < -0.4 is 14.4 Å². The Morgan fingerprint density at radius 1 is 1.33 bits per heavy atom. The van der Waals surface area contributed by atoms with Crippen LogP contribution in [-0.2, 0) is 0 Å². The summed E-state index contributed by atoms with van der Waals surface area (Å²) in [4.78, 5) is 13.4. The van der Waals surface area contributed by atoms with Crippen LogP contribution in [0, 0.1) is 5.82 Å². The van der Waals surface area contributed by atoms with Gasteiger partial charge in [-0.3, -0.25) is 0 Å². The second-order valence-electron chi connectivity index (χ2n) is 6.35. The number of pyridine rings is 1. The maximum absolute atomic E-state index is 14.0. The molecule has 0 bridgehead atoms. The van der Waals surface area contributed by atoms with Crippen molar-refractivity contribution in [2.24, 2.45) is 4.99 Å². The van der Waals surface area contributed by atoms with Crippen LogP contribution in [0.4, 0.5) is 15.8 Å². The molecule has 2 aliphatic rings. The SMILES string of the molecule is COc1ccc(/N=C(/SC)N2CC(N3CCOc4c(F)cccc43)C2)cn1. The molecule has 0 N–H and O–H groups in total. The van der Waals surface area contributed by atoms with Gasteiger partial charge in [-0.1, -0.05) is 17.8 Å².